The van der Waals surface area contributed by atoms with Crippen molar-refractivity contribution in [1.29, 1.82) is 0 Å². The van der Waals surface area contributed by atoms with E-state index in [0.29, 0.717) is 19.1 Å². The fraction of sp³-hybridized carbons (Fsp3) is 0.467. The number of aromatic carboxylic acids is 1. The maximum atomic E-state index is 12.6. The van der Waals surface area contributed by atoms with Gasteiger partial charge in [-0.05, 0) is 43.9 Å². The van der Waals surface area contributed by atoms with Gasteiger partial charge in [0.05, 0.1) is 5.56 Å². The van der Waals surface area contributed by atoms with E-state index in [0.717, 1.165) is 30.5 Å². The Labute approximate surface area is 117 Å². The monoisotopic (exact) mass is 274 g/mol. The molecule has 0 radical (unpaired) electrons. The maximum absolute atomic E-state index is 12.6. The summed E-state index contributed by atoms with van der Waals surface area (Å²) in [5.74, 6) is -0.957. The van der Waals surface area contributed by atoms with E-state index in [-0.39, 0.29) is 11.6 Å². The molecule has 1 saturated carbocycles. The van der Waals surface area contributed by atoms with Gasteiger partial charge < -0.3 is 10.0 Å². The van der Waals surface area contributed by atoms with Crippen molar-refractivity contribution in [2.45, 2.75) is 32.2 Å². The molecule has 1 aliphatic carbocycles. The summed E-state index contributed by atoms with van der Waals surface area (Å²) in [6.07, 6.45) is 2.95. The van der Waals surface area contributed by atoms with Crippen LogP contribution >= 0.6 is 0 Å². The van der Waals surface area contributed by atoms with Crippen LogP contribution in [-0.2, 0) is 6.42 Å². The van der Waals surface area contributed by atoms with Crippen LogP contribution in [0.2, 0.25) is 0 Å². The number of amides is 2. The van der Waals surface area contributed by atoms with Crippen molar-refractivity contribution in [3.8, 4) is 0 Å². The summed E-state index contributed by atoms with van der Waals surface area (Å²) in [6, 6.07) is 5.42. The third-order valence-electron chi connectivity index (χ3n) is 4.03. The lowest BCUT2D eigenvalue weighted by Crippen LogP contribution is -2.43. The van der Waals surface area contributed by atoms with Crippen LogP contribution in [0.3, 0.4) is 0 Å². The van der Waals surface area contributed by atoms with Gasteiger partial charge in [0, 0.05) is 24.8 Å². The number of carboxylic acids is 1. The third-order valence-corrected chi connectivity index (χ3v) is 4.03. The molecule has 0 spiro atoms. The van der Waals surface area contributed by atoms with Gasteiger partial charge >= 0.3 is 12.0 Å². The van der Waals surface area contributed by atoms with Crippen molar-refractivity contribution in [2.75, 3.05) is 18.0 Å². The van der Waals surface area contributed by atoms with Gasteiger partial charge in [0.25, 0.3) is 0 Å². The van der Waals surface area contributed by atoms with Crippen LogP contribution in [0.4, 0.5) is 10.5 Å². The van der Waals surface area contributed by atoms with Crippen LogP contribution in [-0.4, -0.2) is 41.1 Å². The summed E-state index contributed by atoms with van der Waals surface area (Å²) < 4.78 is 0. The predicted octanol–water partition coefficient (Wildman–Crippen LogP) is 2.35. The van der Waals surface area contributed by atoms with Gasteiger partial charge in [-0.2, -0.15) is 0 Å². The summed E-state index contributed by atoms with van der Waals surface area (Å²) in [5, 5.41) is 9.08. The number of anilines is 1. The molecule has 2 aliphatic rings. The number of carboxylic acid groups (broad SMARTS) is 1. The predicted molar refractivity (Wildman–Crippen MR) is 75.2 cm³/mol. The molecule has 0 bridgehead atoms. The van der Waals surface area contributed by atoms with E-state index in [2.05, 4.69) is 0 Å². The molecule has 1 N–H and O–H groups in total. The smallest absolute Gasteiger partial charge is 0.335 e. The Morgan fingerprint density at radius 1 is 1.40 bits per heavy atom. The van der Waals surface area contributed by atoms with E-state index in [1.165, 1.54) is 0 Å². The van der Waals surface area contributed by atoms with E-state index in [1.54, 1.807) is 17.0 Å². The Bertz CT molecular complexity index is 566. The van der Waals surface area contributed by atoms with Crippen molar-refractivity contribution in [1.82, 2.24) is 4.90 Å². The molecule has 1 aromatic carbocycles. The minimum atomic E-state index is -0.957. The lowest BCUT2D eigenvalue weighted by atomic mass is 10.1. The maximum Gasteiger partial charge on any atom is 0.335 e. The Morgan fingerprint density at radius 3 is 2.75 bits per heavy atom. The Kier molecular flexibility index (Phi) is 3.12. The molecule has 0 atom stereocenters. The summed E-state index contributed by atoms with van der Waals surface area (Å²) in [7, 11) is 0. The normalized spacial score (nSPS) is 16.9. The summed E-state index contributed by atoms with van der Waals surface area (Å²) in [5.41, 5.74) is 2.04. The first-order valence-corrected chi connectivity index (χ1v) is 7.06. The van der Waals surface area contributed by atoms with Crippen LogP contribution in [0, 0.1) is 0 Å². The zero-order chi connectivity index (χ0) is 14.3. The highest BCUT2D eigenvalue weighted by molar-refractivity contribution is 5.97. The van der Waals surface area contributed by atoms with Gasteiger partial charge in [0.2, 0.25) is 0 Å². The van der Waals surface area contributed by atoms with Crippen LogP contribution in [0.5, 0.6) is 0 Å². The molecular formula is C15H18N2O3. The first-order valence-electron chi connectivity index (χ1n) is 7.06. The number of carbonyl (C=O) groups excluding carboxylic acids is 1. The van der Waals surface area contributed by atoms with Gasteiger partial charge in [-0.1, -0.05) is 6.07 Å². The molecule has 1 heterocycles. The number of nitrogens with zero attached hydrogens (tertiary/aromatic N) is 2. The van der Waals surface area contributed by atoms with Gasteiger partial charge in [-0.3, -0.25) is 4.90 Å². The van der Waals surface area contributed by atoms with E-state index >= 15 is 0 Å². The first-order chi connectivity index (χ1) is 9.61. The Morgan fingerprint density at radius 2 is 2.15 bits per heavy atom. The fourth-order valence-corrected chi connectivity index (χ4v) is 2.80. The van der Waals surface area contributed by atoms with E-state index < -0.39 is 5.97 Å². The summed E-state index contributed by atoms with van der Waals surface area (Å²) in [4.78, 5) is 27.3. The molecule has 2 amide bonds. The molecule has 106 valence electrons. The van der Waals surface area contributed by atoms with Gasteiger partial charge in [-0.15, -0.1) is 0 Å². The largest absolute Gasteiger partial charge is 0.478 e. The Hall–Kier alpha value is -2.04. The highest BCUT2D eigenvalue weighted by atomic mass is 16.4. The molecule has 0 saturated heterocycles. The second kappa shape index (κ2) is 4.81. The van der Waals surface area contributed by atoms with Crippen molar-refractivity contribution in [3.05, 3.63) is 29.3 Å². The number of carbonyl (C=O) groups is 2. The highest BCUT2D eigenvalue weighted by Crippen LogP contribution is 2.33. The molecule has 1 aromatic rings. The quantitative estimate of drug-likeness (QED) is 0.920. The number of fused-ring (bicyclic) bond motifs is 1. The molecule has 1 fully saturated rings. The number of hydrogen-bond donors (Lipinski definition) is 1. The minimum absolute atomic E-state index is 0.0105. The molecule has 5 nitrogen and oxygen atoms in total. The summed E-state index contributed by atoms with van der Waals surface area (Å²) in [6.45, 7) is 3.33. The van der Waals surface area contributed by atoms with Gasteiger partial charge in [0.15, 0.2) is 0 Å². The highest BCUT2D eigenvalue weighted by Gasteiger charge is 2.36. The van der Waals surface area contributed by atoms with E-state index in [9.17, 15) is 9.59 Å². The third kappa shape index (κ3) is 2.13. The number of benzene rings is 1. The van der Waals surface area contributed by atoms with Crippen LogP contribution in [0.25, 0.3) is 0 Å². The van der Waals surface area contributed by atoms with Gasteiger partial charge in [-0.25, -0.2) is 9.59 Å². The molecule has 3 rings (SSSR count). The summed E-state index contributed by atoms with van der Waals surface area (Å²) >= 11 is 0. The van der Waals surface area contributed by atoms with Crippen molar-refractivity contribution in [3.63, 3.8) is 0 Å². The van der Waals surface area contributed by atoms with Crippen LogP contribution in [0.1, 0.15) is 35.7 Å². The van der Waals surface area contributed by atoms with Crippen LogP contribution in [0.15, 0.2) is 18.2 Å². The van der Waals surface area contributed by atoms with E-state index in [4.69, 9.17) is 5.11 Å². The molecule has 5 heteroatoms. The van der Waals surface area contributed by atoms with E-state index in [1.807, 2.05) is 17.9 Å². The fourth-order valence-electron chi connectivity index (χ4n) is 2.80. The van der Waals surface area contributed by atoms with Crippen molar-refractivity contribution < 1.29 is 14.7 Å². The zero-order valence-corrected chi connectivity index (χ0v) is 11.5. The molecule has 20 heavy (non-hydrogen) atoms. The molecular weight excluding hydrogens is 256 g/mol. The standard InChI is InChI=1S/C15H18N2O3/c1-2-16(12-5-6-12)15(20)17-8-7-10-3-4-11(14(18)19)9-13(10)17/h3-4,9,12H,2,5-8H2,1H3,(H,18,19). The van der Waals surface area contributed by atoms with Crippen molar-refractivity contribution >= 4 is 17.7 Å². The van der Waals surface area contributed by atoms with Gasteiger partial charge in [0.1, 0.15) is 0 Å². The molecule has 0 aromatic heterocycles. The lowest BCUT2D eigenvalue weighted by molar-refractivity contribution is 0.0697. The minimum Gasteiger partial charge on any atom is -0.478 e. The van der Waals surface area contributed by atoms with Crippen molar-refractivity contribution in [2.24, 2.45) is 0 Å². The molecule has 0 unspecified atom stereocenters. The molecule has 1 aliphatic heterocycles. The lowest BCUT2D eigenvalue weighted by Gasteiger charge is -2.27. The SMILES string of the molecule is CCN(C(=O)N1CCc2ccc(C(=O)O)cc21)C1CC1. The zero-order valence-electron chi connectivity index (χ0n) is 11.5. The Balaban J connectivity index is 1.89. The number of urea groups is 1. The second-order valence-corrected chi connectivity index (χ2v) is 5.35. The number of hydrogen-bond acceptors (Lipinski definition) is 2. The topological polar surface area (TPSA) is 60.9 Å². The second-order valence-electron chi connectivity index (χ2n) is 5.35. The first kappa shape index (κ1) is 13.0. The average Bonchev–Trinajstić information content (AvgIpc) is 3.17. The number of rotatable bonds is 3. The van der Waals surface area contributed by atoms with Crippen LogP contribution < -0.4 is 4.90 Å². The average molecular weight is 274 g/mol.